The van der Waals surface area contributed by atoms with Crippen molar-refractivity contribution in [3.63, 3.8) is 0 Å². The predicted molar refractivity (Wildman–Crippen MR) is 132 cm³/mol. The average molecular weight is 530 g/mol. The molecule has 0 saturated carbocycles. The summed E-state index contributed by atoms with van der Waals surface area (Å²) in [6, 6.07) is 10.6. The van der Waals surface area contributed by atoms with Crippen LogP contribution in [0.3, 0.4) is 0 Å². The molecule has 186 valence electrons. The lowest BCUT2D eigenvalue weighted by Crippen LogP contribution is -2.31. The zero-order chi connectivity index (χ0) is 24.6. The van der Waals surface area contributed by atoms with E-state index in [1.807, 2.05) is 19.2 Å². The summed E-state index contributed by atoms with van der Waals surface area (Å²) in [5, 5.41) is 3.67. The zero-order valence-electron chi connectivity index (χ0n) is 18.9. The number of amides is 1. The molecule has 1 aliphatic heterocycles. The van der Waals surface area contributed by atoms with Crippen LogP contribution in [0.25, 0.3) is 0 Å². The number of hydrogen-bond donors (Lipinski definition) is 2. The number of carbonyl (C=O) groups excluding carboxylic acids is 1. The summed E-state index contributed by atoms with van der Waals surface area (Å²) in [5.74, 6) is -0.0508. The molecule has 2 N–H and O–H groups in total. The van der Waals surface area contributed by atoms with E-state index in [0.717, 1.165) is 23.2 Å². The Bertz CT molecular complexity index is 1080. The number of sulfonamides is 1. The summed E-state index contributed by atoms with van der Waals surface area (Å²) in [7, 11) is -1.69. The van der Waals surface area contributed by atoms with Gasteiger partial charge in [-0.2, -0.15) is 0 Å². The minimum Gasteiger partial charge on any atom is -0.378 e. The highest BCUT2D eigenvalue weighted by Crippen LogP contribution is 2.38. The van der Waals surface area contributed by atoms with Crippen molar-refractivity contribution in [2.75, 3.05) is 53.1 Å². The van der Waals surface area contributed by atoms with Crippen molar-refractivity contribution >= 4 is 39.6 Å². The van der Waals surface area contributed by atoms with E-state index in [1.165, 1.54) is 0 Å². The lowest BCUT2D eigenvalue weighted by atomic mass is 9.85. The molecule has 0 fully saturated rings. The molecule has 1 heterocycles. The van der Waals surface area contributed by atoms with Crippen LogP contribution in [0.15, 0.2) is 41.3 Å². The third-order valence-corrected chi connectivity index (χ3v) is 7.46. The maximum Gasteiger partial charge on any atom is 0.240 e. The van der Waals surface area contributed by atoms with Gasteiger partial charge >= 0.3 is 0 Å². The van der Waals surface area contributed by atoms with Gasteiger partial charge in [-0.3, -0.25) is 4.79 Å². The van der Waals surface area contributed by atoms with Gasteiger partial charge in [0.2, 0.25) is 16.4 Å². The number of fused-ring (bicyclic) bond motifs is 1. The highest BCUT2D eigenvalue weighted by Gasteiger charge is 2.28. The number of likely N-dealkylation sites (N-methyl/N-ethyl adjacent to an activating group) is 1. The molecule has 0 bridgehead atoms. The van der Waals surface area contributed by atoms with E-state index < -0.39 is 10.0 Å². The van der Waals surface area contributed by atoms with Gasteiger partial charge in [-0.05, 0) is 48.0 Å². The quantitative estimate of drug-likeness (QED) is 0.306. The van der Waals surface area contributed by atoms with Crippen LogP contribution in [-0.4, -0.2) is 72.8 Å². The van der Waals surface area contributed by atoms with E-state index in [9.17, 15) is 13.2 Å². The number of benzene rings is 2. The largest absolute Gasteiger partial charge is 0.378 e. The molecule has 0 saturated heterocycles. The Hall–Kier alpha value is -1.72. The summed E-state index contributed by atoms with van der Waals surface area (Å²) >= 11 is 12.7. The van der Waals surface area contributed by atoms with Crippen LogP contribution in [0.1, 0.15) is 22.6 Å². The van der Waals surface area contributed by atoms with Crippen LogP contribution in [0.2, 0.25) is 10.0 Å². The summed E-state index contributed by atoms with van der Waals surface area (Å²) in [6.45, 7) is 3.31. The second-order valence-corrected chi connectivity index (χ2v) is 10.6. The first kappa shape index (κ1) is 26.9. The standard InChI is InChI=1S/C23H29Cl2N3O5S/c1-28-14-21(20-12-18(24)13-23(25)22(20)15-28)17-3-2-4-19(11-17)34(30,31)27-6-8-33-10-9-32-7-5-26-16-29/h2-4,11-13,16,21,27H,5-10,14-15H2,1H3,(H,26,29). The maximum atomic E-state index is 12.8. The molecule has 34 heavy (non-hydrogen) atoms. The topological polar surface area (TPSA) is 97.0 Å². The van der Waals surface area contributed by atoms with Gasteiger partial charge in [-0.15, -0.1) is 0 Å². The molecule has 2 aromatic carbocycles. The Morgan fingerprint density at radius 1 is 1.09 bits per heavy atom. The van der Waals surface area contributed by atoms with Crippen LogP contribution in [0.4, 0.5) is 0 Å². The van der Waals surface area contributed by atoms with E-state index in [2.05, 4.69) is 14.9 Å². The lowest BCUT2D eigenvalue weighted by Gasteiger charge is -2.33. The average Bonchev–Trinajstić information content (AvgIpc) is 2.80. The second kappa shape index (κ2) is 12.8. The van der Waals surface area contributed by atoms with Crippen LogP contribution in [0.5, 0.6) is 0 Å². The van der Waals surface area contributed by atoms with E-state index in [0.29, 0.717) is 49.4 Å². The van der Waals surface area contributed by atoms with Gasteiger partial charge in [0.15, 0.2) is 0 Å². The number of nitrogens with zero attached hydrogens (tertiary/aromatic N) is 1. The fourth-order valence-corrected chi connectivity index (χ4v) is 5.51. The van der Waals surface area contributed by atoms with E-state index >= 15 is 0 Å². The van der Waals surface area contributed by atoms with Gasteiger partial charge in [0.25, 0.3) is 0 Å². The Kier molecular flexibility index (Phi) is 10.1. The molecule has 1 aliphatic rings. The molecule has 0 aromatic heterocycles. The van der Waals surface area contributed by atoms with Gasteiger partial charge in [0.05, 0.1) is 31.3 Å². The van der Waals surface area contributed by atoms with Crippen molar-refractivity contribution in [2.24, 2.45) is 0 Å². The third kappa shape index (κ3) is 7.39. The Labute approximate surface area is 210 Å². The SMILES string of the molecule is CN1Cc2c(Cl)cc(Cl)cc2C(c2cccc(S(=O)(=O)NCCOCCOCCNC=O)c2)C1. The number of rotatable bonds is 13. The molecule has 1 unspecified atom stereocenters. The Balaban J connectivity index is 1.59. The minimum atomic E-state index is -3.70. The van der Waals surface area contributed by atoms with Gasteiger partial charge in [-0.25, -0.2) is 13.1 Å². The molecule has 0 radical (unpaired) electrons. The minimum absolute atomic E-state index is 0.0508. The molecule has 0 aliphatic carbocycles. The number of ether oxygens (including phenoxy) is 2. The molecular weight excluding hydrogens is 501 g/mol. The van der Waals surface area contributed by atoms with Crippen LogP contribution in [0, 0.1) is 0 Å². The normalized spacial score (nSPS) is 16.3. The molecular formula is C23H29Cl2N3O5S. The molecule has 8 nitrogen and oxygen atoms in total. The summed E-state index contributed by atoms with van der Waals surface area (Å²) in [6.07, 6.45) is 0.610. The van der Waals surface area contributed by atoms with E-state index in [-0.39, 0.29) is 24.0 Å². The Morgan fingerprint density at radius 3 is 2.56 bits per heavy atom. The monoisotopic (exact) mass is 529 g/mol. The molecule has 11 heteroatoms. The van der Waals surface area contributed by atoms with Gasteiger partial charge < -0.3 is 19.7 Å². The predicted octanol–water partition coefficient (Wildman–Crippen LogP) is 2.63. The van der Waals surface area contributed by atoms with Crippen LogP contribution in [-0.2, 0) is 30.8 Å². The zero-order valence-corrected chi connectivity index (χ0v) is 21.3. The molecule has 0 spiro atoms. The van der Waals surface area contributed by atoms with Gasteiger partial charge in [-0.1, -0.05) is 35.3 Å². The molecule has 3 rings (SSSR count). The van der Waals surface area contributed by atoms with Crippen molar-refractivity contribution in [2.45, 2.75) is 17.4 Å². The van der Waals surface area contributed by atoms with Crippen molar-refractivity contribution in [3.05, 3.63) is 63.1 Å². The third-order valence-electron chi connectivity index (χ3n) is 5.45. The fraction of sp³-hybridized carbons (Fsp3) is 0.435. The second-order valence-electron chi connectivity index (χ2n) is 7.97. The number of hydrogen-bond acceptors (Lipinski definition) is 6. The number of carbonyl (C=O) groups is 1. The van der Waals surface area contributed by atoms with Crippen molar-refractivity contribution in [1.82, 2.24) is 14.9 Å². The molecule has 1 atom stereocenters. The first-order chi connectivity index (χ1) is 16.3. The van der Waals surface area contributed by atoms with E-state index in [1.54, 1.807) is 24.3 Å². The van der Waals surface area contributed by atoms with Crippen molar-refractivity contribution < 1.29 is 22.7 Å². The summed E-state index contributed by atoms with van der Waals surface area (Å²) < 4.78 is 38.9. The summed E-state index contributed by atoms with van der Waals surface area (Å²) in [5.41, 5.74) is 2.92. The van der Waals surface area contributed by atoms with Gasteiger partial charge in [0.1, 0.15) is 0 Å². The van der Waals surface area contributed by atoms with Crippen LogP contribution < -0.4 is 10.0 Å². The van der Waals surface area contributed by atoms with E-state index in [4.69, 9.17) is 32.7 Å². The first-order valence-electron chi connectivity index (χ1n) is 10.9. The first-order valence-corrected chi connectivity index (χ1v) is 13.1. The van der Waals surface area contributed by atoms with Gasteiger partial charge in [0, 0.05) is 42.1 Å². The summed E-state index contributed by atoms with van der Waals surface area (Å²) in [4.78, 5) is 12.5. The van der Waals surface area contributed by atoms with Crippen molar-refractivity contribution in [1.29, 1.82) is 0 Å². The highest BCUT2D eigenvalue weighted by molar-refractivity contribution is 7.89. The smallest absolute Gasteiger partial charge is 0.240 e. The van der Waals surface area contributed by atoms with Crippen LogP contribution >= 0.6 is 23.2 Å². The Morgan fingerprint density at radius 2 is 1.82 bits per heavy atom. The lowest BCUT2D eigenvalue weighted by molar-refractivity contribution is -0.109. The fourth-order valence-electron chi connectivity index (χ4n) is 3.87. The molecule has 2 aromatic rings. The number of halogens is 2. The highest BCUT2D eigenvalue weighted by atomic mass is 35.5. The van der Waals surface area contributed by atoms with Crippen molar-refractivity contribution in [3.8, 4) is 0 Å². The molecule has 1 amide bonds. The maximum absolute atomic E-state index is 12.8. The number of nitrogens with one attached hydrogen (secondary N) is 2.